The fourth-order valence-electron chi connectivity index (χ4n) is 4.16. The van der Waals surface area contributed by atoms with E-state index in [2.05, 4.69) is 57.9 Å². The molecule has 0 amide bonds. The molecule has 33 heavy (non-hydrogen) atoms. The van der Waals surface area contributed by atoms with Crippen molar-refractivity contribution >= 4 is 17.6 Å². The van der Waals surface area contributed by atoms with Crippen LogP contribution < -0.4 is 9.80 Å². The number of nitrogens with zero attached hydrogens (tertiary/aromatic N) is 5. The Morgan fingerprint density at radius 2 is 1.82 bits per heavy atom. The third kappa shape index (κ3) is 5.48. The summed E-state index contributed by atoms with van der Waals surface area (Å²) in [7, 11) is 0. The number of aryl methyl sites for hydroxylation is 3. The average Bonchev–Trinajstić information content (AvgIpc) is 2.79. The molecule has 1 aromatic carbocycles. The number of aromatic carboxylic acids is 1. The first-order valence-electron chi connectivity index (χ1n) is 11.5. The third-order valence-electron chi connectivity index (χ3n) is 5.66. The van der Waals surface area contributed by atoms with Gasteiger partial charge in [-0.05, 0) is 45.4 Å². The lowest BCUT2D eigenvalue weighted by atomic mass is 10.1. The first-order chi connectivity index (χ1) is 15.8. The number of hydrogen-bond acceptors (Lipinski definition) is 6. The van der Waals surface area contributed by atoms with Crippen LogP contribution in [0.4, 0.5) is 11.6 Å². The standard InChI is InChI=1S/C24H27N5O2.C2H6/c1-15-6-5-7-19(10-15)21-12-22(27-18(4)26-21)29-9-8-28(14-17(29)3)23-16(2)11-20(13-25-23)24(30)31;1-2/h5-7,10-13,17H,8-9,14H2,1-4H3,(H,30,31);1-2H3. The Morgan fingerprint density at radius 1 is 1.06 bits per heavy atom. The van der Waals surface area contributed by atoms with Crippen molar-refractivity contribution in [3.63, 3.8) is 0 Å². The molecule has 1 saturated heterocycles. The molecule has 2 aromatic heterocycles. The Balaban J connectivity index is 0.00000149. The van der Waals surface area contributed by atoms with Gasteiger partial charge in [0.2, 0.25) is 0 Å². The quantitative estimate of drug-likeness (QED) is 0.609. The van der Waals surface area contributed by atoms with E-state index < -0.39 is 5.97 Å². The maximum atomic E-state index is 11.2. The van der Waals surface area contributed by atoms with Gasteiger partial charge in [0.1, 0.15) is 17.5 Å². The van der Waals surface area contributed by atoms with Gasteiger partial charge in [0.05, 0.1) is 11.3 Å². The number of rotatable bonds is 4. The van der Waals surface area contributed by atoms with Crippen molar-refractivity contribution in [2.24, 2.45) is 0 Å². The van der Waals surface area contributed by atoms with Crippen LogP contribution in [0.5, 0.6) is 0 Å². The molecule has 0 bridgehead atoms. The molecule has 7 heteroatoms. The van der Waals surface area contributed by atoms with Crippen molar-refractivity contribution in [1.82, 2.24) is 15.0 Å². The molecule has 1 N–H and O–H groups in total. The third-order valence-corrected chi connectivity index (χ3v) is 5.66. The number of carboxylic acids is 1. The van der Waals surface area contributed by atoms with E-state index >= 15 is 0 Å². The average molecular weight is 448 g/mol. The largest absolute Gasteiger partial charge is 0.478 e. The van der Waals surface area contributed by atoms with E-state index in [0.717, 1.165) is 53.9 Å². The summed E-state index contributed by atoms with van der Waals surface area (Å²) in [6, 6.07) is 12.3. The smallest absolute Gasteiger partial charge is 0.337 e. The molecule has 7 nitrogen and oxygen atoms in total. The van der Waals surface area contributed by atoms with Crippen molar-refractivity contribution < 1.29 is 9.90 Å². The molecular formula is C26H33N5O2. The predicted octanol–water partition coefficient (Wildman–Crippen LogP) is 4.90. The highest BCUT2D eigenvalue weighted by Crippen LogP contribution is 2.27. The monoisotopic (exact) mass is 447 g/mol. The van der Waals surface area contributed by atoms with E-state index in [-0.39, 0.29) is 11.6 Å². The highest BCUT2D eigenvalue weighted by Gasteiger charge is 2.27. The zero-order valence-corrected chi connectivity index (χ0v) is 20.3. The summed E-state index contributed by atoms with van der Waals surface area (Å²) in [5.74, 6) is 1.58. The molecule has 0 aliphatic carbocycles. The Hall–Kier alpha value is -3.48. The van der Waals surface area contributed by atoms with Crippen LogP contribution in [0.3, 0.4) is 0 Å². The predicted molar refractivity (Wildman–Crippen MR) is 133 cm³/mol. The molecule has 1 aliphatic heterocycles. The maximum absolute atomic E-state index is 11.2. The van der Waals surface area contributed by atoms with Gasteiger partial charge in [-0.15, -0.1) is 0 Å². The van der Waals surface area contributed by atoms with E-state index in [1.54, 1.807) is 6.07 Å². The number of pyridine rings is 1. The fourth-order valence-corrected chi connectivity index (χ4v) is 4.16. The molecular weight excluding hydrogens is 414 g/mol. The van der Waals surface area contributed by atoms with Crippen molar-refractivity contribution in [2.45, 2.75) is 47.6 Å². The van der Waals surface area contributed by atoms with Gasteiger partial charge >= 0.3 is 5.97 Å². The minimum atomic E-state index is -0.955. The molecule has 1 unspecified atom stereocenters. The lowest BCUT2D eigenvalue weighted by Gasteiger charge is -2.41. The Bertz CT molecular complexity index is 1130. The summed E-state index contributed by atoms with van der Waals surface area (Å²) in [5.41, 5.74) is 4.32. The Labute approximate surface area is 196 Å². The van der Waals surface area contributed by atoms with E-state index in [1.807, 2.05) is 33.8 Å². The summed E-state index contributed by atoms with van der Waals surface area (Å²) in [4.78, 5) is 29.5. The number of piperazine rings is 1. The van der Waals surface area contributed by atoms with E-state index in [1.165, 1.54) is 11.8 Å². The lowest BCUT2D eigenvalue weighted by molar-refractivity contribution is 0.0696. The lowest BCUT2D eigenvalue weighted by Crippen LogP contribution is -2.53. The Morgan fingerprint density at radius 3 is 2.45 bits per heavy atom. The van der Waals surface area contributed by atoms with Crippen molar-refractivity contribution in [1.29, 1.82) is 0 Å². The summed E-state index contributed by atoms with van der Waals surface area (Å²) in [6.45, 7) is 14.5. The maximum Gasteiger partial charge on any atom is 0.337 e. The first kappa shape index (κ1) is 24.2. The van der Waals surface area contributed by atoms with Crippen LogP contribution in [0.1, 0.15) is 48.1 Å². The SMILES string of the molecule is CC.Cc1cccc(-c2cc(N3CCN(c4ncc(C(=O)O)cc4C)CC3C)nc(C)n2)c1. The van der Waals surface area contributed by atoms with Gasteiger partial charge in [-0.3, -0.25) is 0 Å². The van der Waals surface area contributed by atoms with Crippen molar-refractivity contribution in [3.8, 4) is 11.3 Å². The number of hydrogen-bond donors (Lipinski definition) is 1. The molecule has 1 aliphatic rings. The van der Waals surface area contributed by atoms with Gasteiger partial charge in [-0.1, -0.05) is 37.6 Å². The topological polar surface area (TPSA) is 82.5 Å². The van der Waals surface area contributed by atoms with Crippen LogP contribution in [0.25, 0.3) is 11.3 Å². The fraction of sp³-hybridized carbons (Fsp3) is 0.385. The number of carboxylic acid groups (broad SMARTS) is 1. The molecule has 1 fully saturated rings. The number of carbonyl (C=O) groups is 1. The number of anilines is 2. The van der Waals surface area contributed by atoms with Crippen molar-refractivity contribution in [2.75, 3.05) is 29.4 Å². The molecule has 4 rings (SSSR count). The summed E-state index contributed by atoms with van der Waals surface area (Å²) >= 11 is 0. The van der Waals surface area contributed by atoms with E-state index in [0.29, 0.717) is 0 Å². The minimum absolute atomic E-state index is 0.216. The van der Waals surface area contributed by atoms with Crippen LogP contribution in [0, 0.1) is 20.8 Å². The number of aromatic nitrogens is 3. The first-order valence-corrected chi connectivity index (χ1v) is 11.5. The zero-order valence-electron chi connectivity index (χ0n) is 20.3. The number of benzene rings is 1. The summed E-state index contributed by atoms with van der Waals surface area (Å²) < 4.78 is 0. The molecule has 174 valence electrons. The minimum Gasteiger partial charge on any atom is -0.478 e. The highest BCUT2D eigenvalue weighted by molar-refractivity contribution is 5.87. The van der Waals surface area contributed by atoms with Gasteiger partial charge in [-0.25, -0.2) is 19.7 Å². The van der Waals surface area contributed by atoms with Crippen LogP contribution in [-0.4, -0.2) is 51.7 Å². The molecule has 0 radical (unpaired) electrons. The second-order valence-corrected chi connectivity index (χ2v) is 8.19. The molecule has 0 spiro atoms. The Kier molecular flexibility index (Phi) is 7.63. The van der Waals surface area contributed by atoms with Crippen LogP contribution in [0.2, 0.25) is 0 Å². The van der Waals surface area contributed by atoms with Gasteiger partial charge in [-0.2, -0.15) is 0 Å². The summed E-state index contributed by atoms with van der Waals surface area (Å²) in [6.07, 6.45) is 1.43. The molecule has 0 saturated carbocycles. The van der Waals surface area contributed by atoms with Gasteiger partial charge in [0.25, 0.3) is 0 Å². The molecule has 1 atom stereocenters. The zero-order chi connectivity index (χ0) is 24.1. The van der Waals surface area contributed by atoms with Crippen LogP contribution >= 0.6 is 0 Å². The van der Waals surface area contributed by atoms with E-state index in [4.69, 9.17) is 4.98 Å². The van der Waals surface area contributed by atoms with E-state index in [9.17, 15) is 9.90 Å². The van der Waals surface area contributed by atoms with Gasteiger partial charge in [0.15, 0.2) is 0 Å². The van der Waals surface area contributed by atoms with Crippen LogP contribution in [0.15, 0.2) is 42.6 Å². The normalized spacial score (nSPS) is 15.6. The molecule has 3 aromatic rings. The van der Waals surface area contributed by atoms with Gasteiger partial charge < -0.3 is 14.9 Å². The second kappa shape index (κ2) is 10.4. The molecule has 3 heterocycles. The highest BCUT2D eigenvalue weighted by atomic mass is 16.4. The van der Waals surface area contributed by atoms with Crippen LogP contribution in [-0.2, 0) is 0 Å². The van der Waals surface area contributed by atoms with Gasteiger partial charge in [0, 0.05) is 43.5 Å². The second-order valence-electron chi connectivity index (χ2n) is 8.19. The summed E-state index contributed by atoms with van der Waals surface area (Å²) in [5, 5.41) is 9.18. The van der Waals surface area contributed by atoms with Crippen molar-refractivity contribution in [3.05, 3.63) is 65.1 Å².